The van der Waals surface area contributed by atoms with Crippen LogP contribution in [0.2, 0.25) is 0 Å². The van der Waals surface area contributed by atoms with Crippen LogP contribution in [-0.4, -0.2) is 16.5 Å². The highest BCUT2D eigenvalue weighted by Crippen LogP contribution is 2.64. The highest BCUT2D eigenvalue weighted by Gasteiger charge is 2.59. The number of ketones is 1. The van der Waals surface area contributed by atoms with E-state index < -0.39 is 5.60 Å². The summed E-state index contributed by atoms with van der Waals surface area (Å²) < 4.78 is 0. The highest BCUT2D eigenvalue weighted by atomic mass is 16.3. The largest absolute Gasteiger partial charge is 0.385 e. The predicted octanol–water partition coefficient (Wildman–Crippen LogP) is 4.05. The minimum atomic E-state index is -0.676. The van der Waals surface area contributed by atoms with E-state index in [2.05, 4.69) is 19.6 Å². The van der Waals surface area contributed by atoms with Crippen LogP contribution in [0.15, 0.2) is 24.3 Å². The lowest BCUT2D eigenvalue weighted by molar-refractivity contribution is -0.125. The molecule has 3 fully saturated rings. The molecule has 4 aliphatic carbocycles. The third-order valence-electron chi connectivity index (χ3n) is 7.80. The van der Waals surface area contributed by atoms with E-state index in [0.717, 1.165) is 30.8 Å². The number of allylic oxidation sites excluding steroid dienone is 1. The van der Waals surface area contributed by atoms with Crippen molar-refractivity contribution in [1.29, 1.82) is 0 Å². The first kappa shape index (κ1) is 14.7. The third kappa shape index (κ3) is 1.79. The molecule has 4 rings (SSSR count). The third-order valence-corrected chi connectivity index (χ3v) is 7.80. The first-order chi connectivity index (χ1) is 10.5. The Kier molecular flexibility index (Phi) is 3.21. The standard InChI is InChI=1S/C20H28O2/c1-3-13-5-7-17-16-6-4-14-12-15(21)8-11-20(14,22)18(16)9-10-19(13,17)2/h3,12-13,16-18,22H,1,4-11H2,2H3/t13-,16-,17-,18-,19+,20+/m0/s1. The summed E-state index contributed by atoms with van der Waals surface area (Å²) in [6.07, 6.45) is 12.1. The van der Waals surface area contributed by atoms with Crippen molar-refractivity contribution in [2.45, 2.75) is 63.9 Å². The molecule has 0 saturated heterocycles. The van der Waals surface area contributed by atoms with Crippen LogP contribution < -0.4 is 0 Å². The Balaban J connectivity index is 1.68. The van der Waals surface area contributed by atoms with Gasteiger partial charge in [0.2, 0.25) is 0 Å². The van der Waals surface area contributed by atoms with Gasteiger partial charge in [-0.1, -0.05) is 13.0 Å². The van der Waals surface area contributed by atoms with Crippen LogP contribution in [-0.2, 0) is 4.79 Å². The first-order valence-corrected chi connectivity index (χ1v) is 9.08. The fourth-order valence-corrected chi connectivity index (χ4v) is 6.61. The van der Waals surface area contributed by atoms with Crippen LogP contribution in [0.25, 0.3) is 0 Å². The molecule has 0 aromatic heterocycles. The van der Waals surface area contributed by atoms with Gasteiger partial charge in [0.05, 0.1) is 5.60 Å². The highest BCUT2D eigenvalue weighted by molar-refractivity contribution is 5.92. The van der Waals surface area contributed by atoms with Crippen LogP contribution in [0, 0.1) is 29.1 Å². The van der Waals surface area contributed by atoms with Crippen molar-refractivity contribution >= 4 is 5.78 Å². The second-order valence-corrected chi connectivity index (χ2v) is 8.44. The monoisotopic (exact) mass is 300 g/mol. The Hall–Kier alpha value is -0.890. The maximum atomic E-state index is 11.7. The van der Waals surface area contributed by atoms with E-state index in [9.17, 15) is 9.90 Å². The average Bonchev–Trinajstić information content (AvgIpc) is 2.84. The Morgan fingerprint density at radius 3 is 2.77 bits per heavy atom. The molecule has 120 valence electrons. The van der Waals surface area contributed by atoms with Gasteiger partial charge in [-0.15, -0.1) is 6.58 Å². The van der Waals surface area contributed by atoms with Crippen LogP contribution in [0.4, 0.5) is 0 Å². The number of carbonyl (C=O) groups excluding carboxylic acids is 1. The van der Waals surface area contributed by atoms with Gasteiger partial charge >= 0.3 is 0 Å². The van der Waals surface area contributed by atoms with E-state index in [1.807, 2.05) is 0 Å². The van der Waals surface area contributed by atoms with Crippen molar-refractivity contribution in [3.05, 3.63) is 24.3 Å². The van der Waals surface area contributed by atoms with E-state index in [1.54, 1.807) is 6.08 Å². The maximum absolute atomic E-state index is 11.7. The lowest BCUT2D eigenvalue weighted by Gasteiger charge is -2.56. The van der Waals surface area contributed by atoms with Gasteiger partial charge < -0.3 is 5.11 Å². The van der Waals surface area contributed by atoms with E-state index in [1.165, 1.54) is 19.3 Å². The molecule has 2 heteroatoms. The topological polar surface area (TPSA) is 37.3 Å². The quantitative estimate of drug-likeness (QED) is 0.742. The smallest absolute Gasteiger partial charge is 0.155 e. The molecule has 22 heavy (non-hydrogen) atoms. The molecule has 3 saturated carbocycles. The number of hydrogen-bond acceptors (Lipinski definition) is 2. The number of hydrogen-bond donors (Lipinski definition) is 1. The average molecular weight is 300 g/mol. The summed E-state index contributed by atoms with van der Waals surface area (Å²) in [7, 11) is 0. The summed E-state index contributed by atoms with van der Waals surface area (Å²) in [5, 5.41) is 11.4. The van der Waals surface area contributed by atoms with Gasteiger partial charge in [-0.25, -0.2) is 0 Å². The summed E-state index contributed by atoms with van der Waals surface area (Å²) in [6.45, 7) is 6.54. The maximum Gasteiger partial charge on any atom is 0.155 e. The SMILES string of the molecule is C=C[C@H]1CC[C@H]2[C@@H]3CCC4=CC(=O)CC[C@]4(O)[C@H]3CC[C@]12C. The van der Waals surface area contributed by atoms with Crippen molar-refractivity contribution in [2.24, 2.45) is 29.1 Å². The molecular formula is C20H28O2. The fourth-order valence-electron chi connectivity index (χ4n) is 6.61. The molecule has 0 bridgehead atoms. The van der Waals surface area contributed by atoms with Crippen molar-refractivity contribution in [2.75, 3.05) is 0 Å². The van der Waals surface area contributed by atoms with Gasteiger partial charge in [0.25, 0.3) is 0 Å². The molecule has 0 aromatic rings. The molecule has 0 heterocycles. The Labute approximate surface area is 133 Å². The van der Waals surface area contributed by atoms with Gasteiger partial charge in [0, 0.05) is 6.42 Å². The van der Waals surface area contributed by atoms with Crippen molar-refractivity contribution in [3.8, 4) is 0 Å². The molecule has 0 aromatic carbocycles. The normalized spacial score (nSPS) is 50.6. The van der Waals surface area contributed by atoms with Crippen molar-refractivity contribution < 1.29 is 9.90 Å². The second kappa shape index (κ2) is 4.80. The molecule has 1 N–H and O–H groups in total. The van der Waals surface area contributed by atoms with Crippen LogP contribution in [0.5, 0.6) is 0 Å². The summed E-state index contributed by atoms with van der Waals surface area (Å²) in [4.78, 5) is 11.7. The molecule has 6 atom stereocenters. The molecular weight excluding hydrogens is 272 g/mol. The van der Waals surface area contributed by atoms with Crippen molar-refractivity contribution in [1.82, 2.24) is 0 Å². The van der Waals surface area contributed by atoms with Gasteiger partial charge in [-0.05, 0) is 85.7 Å². The van der Waals surface area contributed by atoms with Crippen LogP contribution in [0.3, 0.4) is 0 Å². The summed E-state index contributed by atoms with van der Waals surface area (Å²) in [6, 6.07) is 0. The number of fused-ring (bicyclic) bond motifs is 5. The lowest BCUT2D eigenvalue weighted by atomic mass is 9.50. The van der Waals surface area contributed by atoms with Crippen molar-refractivity contribution in [3.63, 3.8) is 0 Å². The molecule has 0 radical (unpaired) electrons. The number of carbonyl (C=O) groups is 1. The van der Waals surface area contributed by atoms with Crippen LogP contribution >= 0.6 is 0 Å². The first-order valence-electron chi connectivity index (χ1n) is 9.08. The summed E-state index contributed by atoms with van der Waals surface area (Å²) >= 11 is 0. The molecule has 0 amide bonds. The minimum Gasteiger partial charge on any atom is -0.385 e. The lowest BCUT2D eigenvalue weighted by Crippen LogP contribution is -2.55. The van der Waals surface area contributed by atoms with Gasteiger partial charge in [0.1, 0.15) is 0 Å². The zero-order chi connectivity index (χ0) is 15.5. The Morgan fingerprint density at radius 2 is 2.00 bits per heavy atom. The number of rotatable bonds is 1. The second-order valence-electron chi connectivity index (χ2n) is 8.44. The van der Waals surface area contributed by atoms with E-state index in [-0.39, 0.29) is 5.78 Å². The fraction of sp³-hybridized carbons (Fsp3) is 0.750. The molecule has 0 unspecified atom stereocenters. The Morgan fingerprint density at radius 1 is 1.18 bits per heavy atom. The predicted molar refractivity (Wildman–Crippen MR) is 87.2 cm³/mol. The molecule has 0 aliphatic heterocycles. The van der Waals surface area contributed by atoms with E-state index in [4.69, 9.17) is 0 Å². The zero-order valence-electron chi connectivity index (χ0n) is 13.7. The van der Waals surface area contributed by atoms with E-state index >= 15 is 0 Å². The van der Waals surface area contributed by atoms with Gasteiger partial charge in [-0.2, -0.15) is 0 Å². The molecule has 0 spiro atoms. The molecule has 4 aliphatic rings. The summed E-state index contributed by atoms with van der Waals surface area (Å²) in [5.41, 5.74) is 0.766. The van der Waals surface area contributed by atoms with Gasteiger partial charge in [0.15, 0.2) is 5.78 Å². The zero-order valence-corrected chi connectivity index (χ0v) is 13.7. The Bertz CT molecular complexity index is 548. The van der Waals surface area contributed by atoms with Crippen LogP contribution in [0.1, 0.15) is 58.3 Å². The van der Waals surface area contributed by atoms with E-state index in [0.29, 0.717) is 36.0 Å². The molecule has 2 nitrogen and oxygen atoms in total. The minimum absolute atomic E-state index is 0.214. The summed E-state index contributed by atoms with van der Waals surface area (Å²) in [5.74, 6) is 2.61. The van der Waals surface area contributed by atoms with Gasteiger partial charge in [-0.3, -0.25) is 4.79 Å². The number of aliphatic hydroxyl groups is 1.